The lowest BCUT2D eigenvalue weighted by Crippen LogP contribution is -1.96. The molecule has 0 aromatic heterocycles. The number of ether oxygens (including phenoxy) is 1. The standard InChI is InChI=1S/C10H22O.C6H3BrF2/c1-3-5-7-9-11-10-8-6-4-2;7-4-2-1-3-5(8)6(4)9/h3-10H2,1-2H3;1-3H. The lowest BCUT2D eigenvalue weighted by atomic mass is 10.2. The minimum atomic E-state index is -0.836. The fraction of sp³-hybridized carbons (Fsp3) is 0.625. The summed E-state index contributed by atoms with van der Waals surface area (Å²) < 4.78 is 30.1. The van der Waals surface area contributed by atoms with Crippen LogP contribution >= 0.6 is 15.9 Å². The average molecular weight is 351 g/mol. The van der Waals surface area contributed by atoms with Crippen molar-refractivity contribution in [3.63, 3.8) is 0 Å². The smallest absolute Gasteiger partial charge is 0.172 e. The SMILES string of the molecule is CCCCCOCCCCC.Fc1cccc(Br)c1F. The first-order valence-corrected chi connectivity index (χ1v) is 8.10. The van der Waals surface area contributed by atoms with E-state index in [1.54, 1.807) is 0 Å². The first-order valence-electron chi connectivity index (χ1n) is 7.30. The van der Waals surface area contributed by atoms with E-state index in [2.05, 4.69) is 29.8 Å². The number of unbranched alkanes of at least 4 members (excludes halogenated alkanes) is 4. The highest BCUT2D eigenvalue weighted by molar-refractivity contribution is 9.10. The van der Waals surface area contributed by atoms with E-state index in [-0.39, 0.29) is 4.47 Å². The Morgan fingerprint density at radius 2 is 1.50 bits per heavy atom. The zero-order valence-corrected chi connectivity index (χ0v) is 14.0. The van der Waals surface area contributed by atoms with Crippen molar-refractivity contribution >= 4 is 15.9 Å². The number of rotatable bonds is 8. The Hall–Kier alpha value is -0.480. The molecule has 0 aliphatic carbocycles. The van der Waals surface area contributed by atoms with E-state index in [1.165, 1.54) is 50.7 Å². The lowest BCUT2D eigenvalue weighted by molar-refractivity contribution is 0.126. The largest absolute Gasteiger partial charge is 0.381 e. The zero-order chi connectivity index (χ0) is 15.2. The van der Waals surface area contributed by atoms with Gasteiger partial charge in [0.15, 0.2) is 11.6 Å². The molecule has 0 atom stereocenters. The Balaban J connectivity index is 0.000000367. The van der Waals surface area contributed by atoms with Crippen LogP contribution in [0.2, 0.25) is 0 Å². The zero-order valence-electron chi connectivity index (χ0n) is 12.4. The molecule has 0 unspecified atom stereocenters. The molecule has 1 aromatic rings. The number of hydrogen-bond donors (Lipinski definition) is 0. The summed E-state index contributed by atoms with van der Waals surface area (Å²) in [4.78, 5) is 0. The summed E-state index contributed by atoms with van der Waals surface area (Å²) in [6.45, 7) is 6.38. The number of halogens is 3. The predicted octanol–water partition coefficient (Wildman–Crippen LogP) is 6.11. The fourth-order valence-electron chi connectivity index (χ4n) is 1.49. The van der Waals surface area contributed by atoms with Gasteiger partial charge in [-0.1, -0.05) is 45.6 Å². The van der Waals surface area contributed by atoms with Crippen LogP contribution in [0.25, 0.3) is 0 Å². The Morgan fingerprint density at radius 3 is 1.90 bits per heavy atom. The second kappa shape index (κ2) is 13.5. The summed E-state index contributed by atoms with van der Waals surface area (Å²) in [6.07, 6.45) is 7.68. The third-order valence-electron chi connectivity index (χ3n) is 2.69. The molecule has 0 bridgehead atoms. The molecule has 1 rings (SSSR count). The summed E-state index contributed by atoms with van der Waals surface area (Å²) in [7, 11) is 0. The van der Waals surface area contributed by atoms with Gasteiger partial charge >= 0.3 is 0 Å². The van der Waals surface area contributed by atoms with Gasteiger partial charge in [0.2, 0.25) is 0 Å². The monoisotopic (exact) mass is 350 g/mol. The first-order chi connectivity index (χ1) is 9.63. The average Bonchev–Trinajstić information content (AvgIpc) is 2.44. The van der Waals surface area contributed by atoms with Gasteiger partial charge < -0.3 is 4.74 Å². The van der Waals surface area contributed by atoms with Crippen molar-refractivity contribution in [2.24, 2.45) is 0 Å². The third-order valence-corrected chi connectivity index (χ3v) is 3.30. The van der Waals surface area contributed by atoms with Crippen LogP contribution in [0, 0.1) is 11.6 Å². The van der Waals surface area contributed by atoms with Gasteiger partial charge in [0, 0.05) is 13.2 Å². The highest BCUT2D eigenvalue weighted by Crippen LogP contribution is 2.16. The predicted molar refractivity (Wildman–Crippen MR) is 83.9 cm³/mol. The molecular formula is C16H25BrF2O. The molecule has 0 saturated heterocycles. The van der Waals surface area contributed by atoms with Crippen LogP contribution in [0.4, 0.5) is 8.78 Å². The van der Waals surface area contributed by atoms with Crippen LogP contribution in [0.5, 0.6) is 0 Å². The molecule has 0 N–H and O–H groups in total. The molecule has 4 heteroatoms. The van der Waals surface area contributed by atoms with Gasteiger partial charge in [0.1, 0.15) is 0 Å². The van der Waals surface area contributed by atoms with Crippen molar-refractivity contribution in [2.45, 2.75) is 52.4 Å². The topological polar surface area (TPSA) is 9.23 Å². The van der Waals surface area contributed by atoms with Crippen molar-refractivity contribution in [3.05, 3.63) is 34.3 Å². The molecule has 0 fully saturated rings. The van der Waals surface area contributed by atoms with Gasteiger partial charge in [-0.05, 0) is 40.9 Å². The number of hydrogen-bond acceptors (Lipinski definition) is 1. The molecule has 20 heavy (non-hydrogen) atoms. The normalized spacial score (nSPS) is 10.1. The third kappa shape index (κ3) is 10.3. The molecular weight excluding hydrogens is 326 g/mol. The van der Waals surface area contributed by atoms with Gasteiger partial charge in [-0.2, -0.15) is 0 Å². The Labute approximate surface area is 129 Å². The van der Waals surface area contributed by atoms with Gasteiger partial charge in [0.05, 0.1) is 4.47 Å². The van der Waals surface area contributed by atoms with E-state index in [9.17, 15) is 8.78 Å². The van der Waals surface area contributed by atoms with E-state index in [1.807, 2.05) is 0 Å². The Bertz CT molecular complexity index is 317. The van der Waals surface area contributed by atoms with E-state index < -0.39 is 11.6 Å². The van der Waals surface area contributed by atoms with Crippen LogP contribution in [0.1, 0.15) is 52.4 Å². The summed E-state index contributed by atoms with van der Waals surface area (Å²) in [5, 5.41) is 0. The maximum absolute atomic E-state index is 12.3. The lowest BCUT2D eigenvalue weighted by Gasteiger charge is -2.01. The second-order valence-electron chi connectivity index (χ2n) is 4.56. The van der Waals surface area contributed by atoms with Crippen LogP contribution in [-0.4, -0.2) is 13.2 Å². The second-order valence-corrected chi connectivity index (χ2v) is 5.42. The highest BCUT2D eigenvalue weighted by atomic mass is 79.9. The summed E-state index contributed by atoms with van der Waals surface area (Å²) in [6, 6.07) is 3.95. The van der Waals surface area contributed by atoms with E-state index in [4.69, 9.17) is 4.74 Å². The number of benzene rings is 1. The van der Waals surface area contributed by atoms with Gasteiger partial charge in [-0.3, -0.25) is 0 Å². The maximum Gasteiger partial charge on any atom is 0.172 e. The molecule has 1 aromatic carbocycles. The van der Waals surface area contributed by atoms with Gasteiger partial charge in [0.25, 0.3) is 0 Å². The quantitative estimate of drug-likeness (QED) is 0.405. The summed E-state index contributed by atoms with van der Waals surface area (Å²) in [5.74, 6) is -1.66. The van der Waals surface area contributed by atoms with E-state index >= 15 is 0 Å². The van der Waals surface area contributed by atoms with E-state index in [0.29, 0.717) is 0 Å². The molecule has 0 spiro atoms. The Morgan fingerprint density at radius 1 is 0.950 bits per heavy atom. The maximum atomic E-state index is 12.3. The van der Waals surface area contributed by atoms with Gasteiger partial charge in [-0.25, -0.2) is 8.78 Å². The van der Waals surface area contributed by atoms with Crippen LogP contribution in [0.3, 0.4) is 0 Å². The fourth-order valence-corrected chi connectivity index (χ4v) is 1.83. The van der Waals surface area contributed by atoms with Gasteiger partial charge in [-0.15, -0.1) is 0 Å². The van der Waals surface area contributed by atoms with E-state index in [0.717, 1.165) is 19.3 Å². The molecule has 0 aliphatic rings. The summed E-state index contributed by atoms with van der Waals surface area (Å²) >= 11 is 2.83. The van der Waals surface area contributed by atoms with Crippen molar-refractivity contribution in [2.75, 3.05) is 13.2 Å². The molecule has 0 amide bonds. The molecule has 1 nitrogen and oxygen atoms in total. The molecule has 0 heterocycles. The van der Waals surface area contributed by atoms with Crippen molar-refractivity contribution in [3.8, 4) is 0 Å². The van der Waals surface area contributed by atoms with Crippen molar-refractivity contribution < 1.29 is 13.5 Å². The minimum Gasteiger partial charge on any atom is -0.381 e. The molecule has 0 saturated carbocycles. The minimum absolute atomic E-state index is 0.155. The highest BCUT2D eigenvalue weighted by Gasteiger charge is 2.02. The summed E-state index contributed by atoms with van der Waals surface area (Å²) in [5.41, 5.74) is 0. The van der Waals surface area contributed by atoms with Crippen molar-refractivity contribution in [1.82, 2.24) is 0 Å². The Kier molecular flexibility index (Phi) is 13.2. The van der Waals surface area contributed by atoms with Crippen LogP contribution in [-0.2, 0) is 4.74 Å². The van der Waals surface area contributed by atoms with Crippen molar-refractivity contribution in [1.29, 1.82) is 0 Å². The van der Waals surface area contributed by atoms with Crippen LogP contribution < -0.4 is 0 Å². The van der Waals surface area contributed by atoms with Crippen LogP contribution in [0.15, 0.2) is 22.7 Å². The molecule has 0 radical (unpaired) electrons. The molecule has 0 aliphatic heterocycles. The first kappa shape index (κ1) is 19.5. The molecule has 116 valence electrons.